The Morgan fingerprint density at radius 3 is 3.03 bits per heavy atom. The molecule has 1 aliphatic heterocycles. The van der Waals surface area contributed by atoms with Crippen LogP contribution in [0.5, 0.6) is 5.75 Å². The first-order valence-electron chi connectivity index (χ1n) is 9.68. The number of hydrogen-bond donors (Lipinski definition) is 3. The third kappa shape index (κ3) is 5.52. The number of hydrogen-bond acceptors (Lipinski definition) is 8. The smallest absolute Gasteiger partial charge is 0.304 e. The lowest BCUT2D eigenvalue weighted by molar-refractivity contribution is -0.136. The van der Waals surface area contributed by atoms with Gasteiger partial charge in [0.1, 0.15) is 22.4 Å². The first-order chi connectivity index (χ1) is 15.1. The van der Waals surface area contributed by atoms with E-state index < -0.39 is 5.97 Å². The number of anilines is 1. The van der Waals surface area contributed by atoms with Gasteiger partial charge in [0.15, 0.2) is 0 Å². The molecule has 10 heteroatoms. The molecule has 2 aromatic heterocycles. The second kappa shape index (κ2) is 10.1. The SMILES string of the molecule is COCCOc1cc(NSc2ccccn2)c2[nH]c(C3=NCC(CC(=O)O)S3)cc2c1. The molecule has 0 saturated heterocycles. The molecule has 162 valence electrons. The highest BCUT2D eigenvalue weighted by Crippen LogP contribution is 2.35. The number of nitrogens with one attached hydrogen (secondary N) is 2. The molecular formula is C21H22N4O4S2. The number of benzene rings is 1. The summed E-state index contributed by atoms with van der Waals surface area (Å²) >= 11 is 2.91. The Kier molecular flexibility index (Phi) is 7.00. The molecule has 1 aliphatic rings. The number of carboxylic acid groups (broad SMARTS) is 1. The maximum Gasteiger partial charge on any atom is 0.304 e. The number of pyridine rings is 1. The standard InChI is InChI=1S/C21H22N4O4S2/c1-28-6-7-29-14-8-13-9-17(21-23-12-15(30-21)11-19(26)27)24-20(13)16(10-14)25-31-18-4-2-3-5-22-18/h2-5,8-10,15,24-25H,6-7,11-12H2,1H3,(H,26,27). The molecule has 1 unspecified atom stereocenters. The van der Waals surface area contributed by atoms with Gasteiger partial charge in [-0.2, -0.15) is 0 Å². The third-order valence-corrected chi connectivity index (χ3v) is 6.50. The number of aliphatic imine (C=N–C) groups is 1. The molecule has 0 saturated carbocycles. The topological polar surface area (TPSA) is 109 Å². The normalized spacial score (nSPS) is 15.8. The van der Waals surface area contributed by atoms with Gasteiger partial charge in [-0.1, -0.05) is 17.8 Å². The molecule has 0 amide bonds. The van der Waals surface area contributed by atoms with Gasteiger partial charge in [-0.15, -0.1) is 0 Å². The number of carbonyl (C=O) groups is 1. The highest BCUT2D eigenvalue weighted by Gasteiger charge is 2.24. The van der Waals surface area contributed by atoms with Crippen LogP contribution in [0.3, 0.4) is 0 Å². The zero-order chi connectivity index (χ0) is 21.6. The van der Waals surface area contributed by atoms with Crippen LogP contribution >= 0.6 is 23.7 Å². The van der Waals surface area contributed by atoms with E-state index in [2.05, 4.69) is 19.7 Å². The monoisotopic (exact) mass is 458 g/mol. The predicted octanol–water partition coefficient (Wildman–Crippen LogP) is 4.04. The van der Waals surface area contributed by atoms with E-state index in [4.69, 9.17) is 14.6 Å². The molecule has 1 atom stereocenters. The molecule has 3 N–H and O–H groups in total. The third-order valence-electron chi connectivity index (χ3n) is 4.51. The van der Waals surface area contributed by atoms with Crippen LogP contribution in [0.15, 0.2) is 52.6 Å². The van der Waals surface area contributed by atoms with E-state index in [9.17, 15) is 4.79 Å². The van der Waals surface area contributed by atoms with E-state index in [1.807, 2.05) is 36.4 Å². The molecule has 0 radical (unpaired) electrons. The van der Waals surface area contributed by atoms with Gasteiger partial charge < -0.3 is 24.3 Å². The average Bonchev–Trinajstić information content (AvgIpc) is 3.39. The summed E-state index contributed by atoms with van der Waals surface area (Å²) in [7, 11) is 1.64. The van der Waals surface area contributed by atoms with Crippen molar-refractivity contribution in [3.05, 3.63) is 48.3 Å². The van der Waals surface area contributed by atoms with Gasteiger partial charge in [0.2, 0.25) is 0 Å². The van der Waals surface area contributed by atoms with Crippen LogP contribution in [0.4, 0.5) is 5.69 Å². The fourth-order valence-corrected chi connectivity index (χ4v) is 4.83. The van der Waals surface area contributed by atoms with E-state index in [1.165, 1.54) is 23.7 Å². The minimum atomic E-state index is -0.804. The molecule has 3 aromatic rings. The van der Waals surface area contributed by atoms with Crippen molar-refractivity contribution in [3.63, 3.8) is 0 Å². The van der Waals surface area contributed by atoms with Gasteiger partial charge in [-0.3, -0.25) is 9.79 Å². The number of aromatic nitrogens is 2. The largest absolute Gasteiger partial charge is 0.491 e. The first kappa shape index (κ1) is 21.5. The summed E-state index contributed by atoms with van der Waals surface area (Å²) in [5.41, 5.74) is 2.65. The van der Waals surface area contributed by atoms with Crippen molar-refractivity contribution in [2.75, 3.05) is 31.6 Å². The molecule has 0 spiro atoms. The van der Waals surface area contributed by atoms with Gasteiger partial charge in [0.25, 0.3) is 0 Å². The molecule has 0 aliphatic carbocycles. The highest BCUT2D eigenvalue weighted by molar-refractivity contribution is 8.15. The van der Waals surface area contributed by atoms with E-state index in [-0.39, 0.29) is 11.7 Å². The van der Waals surface area contributed by atoms with Crippen molar-refractivity contribution >= 4 is 51.3 Å². The molecule has 31 heavy (non-hydrogen) atoms. The van der Waals surface area contributed by atoms with Crippen molar-refractivity contribution in [2.24, 2.45) is 4.99 Å². The molecule has 3 heterocycles. The lowest BCUT2D eigenvalue weighted by Gasteiger charge is -2.10. The number of fused-ring (bicyclic) bond motifs is 1. The van der Waals surface area contributed by atoms with E-state index in [1.54, 1.807) is 13.3 Å². The quantitative estimate of drug-likeness (QED) is 0.308. The Morgan fingerprint density at radius 2 is 2.26 bits per heavy atom. The van der Waals surface area contributed by atoms with Crippen LogP contribution in [-0.2, 0) is 9.53 Å². The predicted molar refractivity (Wildman–Crippen MR) is 124 cm³/mol. The molecule has 8 nitrogen and oxygen atoms in total. The number of methoxy groups -OCH3 is 1. The lowest BCUT2D eigenvalue weighted by atomic mass is 10.2. The first-order valence-corrected chi connectivity index (χ1v) is 11.4. The highest BCUT2D eigenvalue weighted by atomic mass is 32.2. The number of ether oxygens (including phenoxy) is 2. The van der Waals surface area contributed by atoms with Crippen LogP contribution in [0.1, 0.15) is 12.1 Å². The number of nitrogens with zero attached hydrogens (tertiary/aromatic N) is 2. The van der Waals surface area contributed by atoms with Crippen LogP contribution < -0.4 is 9.46 Å². The van der Waals surface area contributed by atoms with E-state index in [0.717, 1.165) is 38.1 Å². The van der Waals surface area contributed by atoms with Crippen molar-refractivity contribution < 1.29 is 19.4 Å². The molecule has 1 aromatic carbocycles. The summed E-state index contributed by atoms with van der Waals surface area (Å²) in [6.07, 6.45) is 1.85. The van der Waals surface area contributed by atoms with Crippen molar-refractivity contribution in [2.45, 2.75) is 16.7 Å². The zero-order valence-electron chi connectivity index (χ0n) is 16.8. The molecule has 0 fully saturated rings. The minimum Gasteiger partial charge on any atom is -0.491 e. The van der Waals surface area contributed by atoms with Crippen LogP contribution in [0.25, 0.3) is 10.9 Å². The summed E-state index contributed by atoms with van der Waals surface area (Å²) < 4.78 is 14.3. The number of thioether (sulfide) groups is 1. The second-order valence-electron chi connectivity index (χ2n) is 6.81. The second-order valence-corrected chi connectivity index (χ2v) is 8.93. The van der Waals surface area contributed by atoms with Crippen molar-refractivity contribution in [1.29, 1.82) is 0 Å². The van der Waals surface area contributed by atoms with Gasteiger partial charge in [0, 0.05) is 42.0 Å². The Bertz CT molecular complexity index is 1090. The Hall–Kier alpha value is -2.69. The molecule has 0 bridgehead atoms. The number of aliphatic carboxylic acids is 1. The van der Waals surface area contributed by atoms with Crippen molar-refractivity contribution in [3.8, 4) is 5.75 Å². The maximum absolute atomic E-state index is 11.0. The fourth-order valence-electron chi connectivity index (χ4n) is 3.12. The Morgan fingerprint density at radius 1 is 1.35 bits per heavy atom. The fraction of sp³-hybridized carbons (Fsp3) is 0.286. The van der Waals surface area contributed by atoms with Crippen LogP contribution in [-0.4, -0.2) is 58.2 Å². The van der Waals surface area contributed by atoms with E-state index >= 15 is 0 Å². The number of rotatable bonds is 10. The average molecular weight is 459 g/mol. The van der Waals surface area contributed by atoms with Gasteiger partial charge in [0.05, 0.1) is 36.5 Å². The van der Waals surface area contributed by atoms with Gasteiger partial charge in [-0.05, 0) is 24.3 Å². The summed E-state index contributed by atoms with van der Waals surface area (Å²) in [5, 5.41) is 11.7. The van der Waals surface area contributed by atoms with Crippen LogP contribution in [0.2, 0.25) is 0 Å². The Labute approximate surface area is 188 Å². The summed E-state index contributed by atoms with van der Waals surface area (Å²) in [6.45, 7) is 1.46. The number of carboxylic acids is 1. The Balaban J connectivity index is 1.59. The summed E-state index contributed by atoms with van der Waals surface area (Å²) in [6, 6.07) is 11.7. The summed E-state index contributed by atoms with van der Waals surface area (Å²) in [4.78, 5) is 23.3. The minimum absolute atomic E-state index is 0.0378. The van der Waals surface area contributed by atoms with E-state index in [0.29, 0.717) is 19.8 Å². The molecule has 4 rings (SSSR count). The maximum atomic E-state index is 11.0. The van der Waals surface area contributed by atoms with Gasteiger partial charge in [-0.25, -0.2) is 4.98 Å². The van der Waals surface area contributed by atoms with Gasteiger partial charge >= 0.3 is 5.97 Å². The summed E-state index contributed by atoms with van der Waals surface area (Å²) in [5.74, 6) is -0.0783. The van der Waals surface area contributed by atoms with Crippen molar-refractivity contribution in [1.82, 2.24) is 9.97 Å². The number of aromatic amines is 1. The molecular weight excluding hydrogens is 436 g/mol. The lowest BCUT2D eigenvalue weighted by Crippen LogP contribution is -2.10. The van der Waals surface area contributed by atoms with Crippen LogP contribution in [0, 0.1) is 0 Å². The zero-order valence-corrected chi connectivity index (χ0v) is 18.5. The number of H-pyrrole nitrogens is 1.